The third-order valence-corrected chi connectivity index (χ3v) is 3.68. The maximum atomic E-state index is 12.5. The Kier molecular flexibility index (Phi) is 3.57. The van der Waals surface area contributed by atoms with Gasteiger partial charge in [0.1, 0.15) is 0 Å². The predicted molar refractivity (Wildman–Crippen MR) is 82.1 cm³/mol. The fourth-order valence-electron chi connectivity index (χ4n) is 2.60. The van der Waals surface area contributed by atoms with Crippen LogP contribution in [0.1, 0.15) is 23.5 Å². The quantitative estimate of drug-likeness (QED) is 0.886. The molecule has 1 heterocycles. The highest BCUT2D eigenvalue weighted by atomic mass is 16.1. The van der Waals surface area contributed by atoms with Crippen molar-refractivity contribution in [2.24, 2.45) is 0 Å². The van der Waals surface area contributed by atoms with Crippen molar-refractivity contribution in [2.75, 3.05) is 17.2 Å². The number of carbonyl (C=O) groups is 1. The van der Waals surface area contributed by atoms with E-state index in [1.54, 1.807) is 24.3 Å². The van der Waals surface area contributed by atoms with Crippen LogP contribution >= 0.6 is 0 Å². The number of anilines is 2. The van der Waals surface area contributed by atoms with Crippen molar-refractivity contribution in [3.05, 3.63) is 59.7 Å². The number of nitrogens with zero attached hydrogens (tertiary/aromatic N) is 1. The Balaban J connectivity index is 1.78. The molecule has 0 radical (unpaired) electrons. The Morgan fingerprint density at radius 3 is 2.71 bits per heavy atom. The van der Waals surface area contributed by atoms with Crippen LogP contribution in [-0.2, 0) is 4.79 Å². The summed E-state index contributed by atoms with van der Waals surface area (Å²) in [6.07, 6.45) is 0.777. The first kappa shape index (κ1) is 13.2. The highest BCUT2D eigenvalue weighted by molar-refractivity contribution is 5.97. The fourth-order valence-corrected chi connectivity index (χ4v) is 2.60. The number of hydrogen-bond donors (Lipinski definition) is 2. The van der Waals surface area contributed by atoms with Crippen molar-refractivity contribution in [1.29, 1.82) is 5.26 Å². The number of para-hydroxylation sites is 1. The average Bonchev–Trinajstić information content (AvgIpc) is 2.55. The summed E-state index contributed by atoms with van der Waals surface area (Å²) in [6, 6.07) is 16.9. The number of hydrogen-bond acceptors (Lipinski definition) is 3. The largest absolute Gasteiger partial charge is 0.385 e. The van der Waals surface area contributed by atoms with Crippen molar-refractivity contribution in [1.82, 2.24) is 0 Å². The zero-order valence-electron chi connectivity index (χ0n) is 11.5. The van der Waals surface area contributed by atoms with Gasteiger partial charge in [-0.1, -0.05) is 18.2 Å². The molecule has 0 bridgehead atoms. The minimum Gasteiger partial charge on any atom is -0.385 e. The van der Waals surface area contributed by atoms with Crippen LogP contribution in [0.2, 0.25) is 0 Å². The Hall–Kier alpha value is -2.80. The number of carbonyl (C=O) groups excluding carboxylic acids is 1. The zero-order valence-corrected chi connectivity index (χ0v) is 11.5. The second-order valence-corrected chi connectivity index (χ2v) is 5.03. The number of fused-ring (bicyclic) bond motifs is 1. The molecule has 1 aliphatic heterocycles. The van der Waals surface area contributed by atoms with Gasteiger partial charge < -0.3 is 10.6 Å². The molecule has 2 N–H and O–H groups in total. The van der Waals surface area contributed by atoms with E-state index in [0.717, 1.165) is 29.9 Å². The molecule has 0 aromatic heterocycles. The lowest BCUT2D eigenvalue weighted by Gasteiger charge is -2.25. The molecule has 0 aliphatic carbocycles. The third kappa shape index (κ3) is 2.72. The molecule has 3 rings (SSSR count). The van der Waals surface area contributed by atoms with Gasteiger partial charge in [0.15, 0.2) is 0 Å². The number of rotatable bonds is 2. The van der Waals surface area contributed by atoms with Crippen LogP contribution < -0.4 is 10.6 Å². The molecule has 4 heteroatoms. The number of nitrogens with one attached hydrogen (secondary N) is 2. The van der Waals surface area contributed by atoms with E-state index in [1.807, 2.05) is 24.3 Å². The Labute approximate surface area is 123 Å². The van der Waals surface area contributed by atoms with Crippen LogP contribution in [0.25, 0.3) is 0 Å². The van der Waals surface area contributed by atoms with Gasteiger partial charge >= 0.3 is 0 Å². The van der Waals surface area contributed by atoms with Gasteiger partial charge in [-0.25, -0.2) is 0 Å². The van der Waals surface area contributed by atoms with E-state index in [9.17, 15) is 4.79 Å². The molecule has 21 heavy (non-hydrogen) atoms. The standard InChI is InChI=1S/C17H15N3O/c18-11-12-5-7-13(8-6-12)20-17(21)15-9-10-19-16-4-2-1-3-14(15)16/h1-8,15,19H,9-10H2,(H,20,21). The van der Waals surface area contributed by atoms with Gasteiger partial charge in [0.05, 0.1) is 17.6 Å². The molecule has 0 spiro atoms. The van der Waals surface area contributed by atoms with Crippen LogP contribution in [0.5, 0.6) is 0 Å². The van der Waals surface area contributed by atoms with E-state index in [4.69, 9.17) is 5.26 Å². The molecule has 2 aromatic carbocycles. The van der Waals surface area contributed by atoms with Gasteiger partial charge in [-0.15, -0.1) is 0 Å². The molecule has 2 aromatic rings. The van der Waals surface area contributed by atoms with E-state index < -0.39 is 0 Å². The normalized spacial score (nSPS) is 16.2. The van der Waals surface area contributed by atoms with Crippen LogP contribution in [0.3, 0.4) is 0 Å². The lowest BCUT2D eigenvalue weighted by molar-refractivity contribution is -0.117. The second-order valence-electron chi connectivity index (χ2n) is 5.03. The molecule has 1 unspecified atom stereocenters. The van der Waals surface area contributed by atoms with Gasteiger partial charge in [0.25, 0.3) is 0 Å². The smallest absolute Gasteiger partial charge is 0.232 e. The first-order valence-electron chi connectivity index (χ1n) is 6.92. The Morgan fingerprint density at radius 2 is 1.95 bits per heavy atom. The minimum atomic E-state index is -0.141. The zero-order chi connectivity index (χ0) is 14.7. The average molecular weight is 277 g/mol. The Morgan fingerprint density at radius 1 is 1.19 bits per heavy atom. The lowest BCUT2D eigenvalue weighted by Crippen LogP contribution is -2.27. The van der Waals surface area contributed by atoms with Gasteiger partial charge in [-0.05, 0) is 42.3 Å². The summed E-state index contributed by atoms with van der Waals surface area (Å²) in [5.74, 6) is -0.147. The van der Waals surface area contributed by atoms with Crippen molar-refractivity contribution < 1.29 is 4.79 Å². The van der Waals surface area contributed by atoms with Gasteiger partial charge in [0.2, 0.25) is 5.91 Å². The van der Waals surface area contributed by atoms with E-state index in [2.05, 4.69) is 16.7 Å². The summed E-state index contributed by atoms with van der Waals surface area (Å²) < 4.78 is 0. The molecule has 4 nitrogen and oxygen atoms in total. The summed E-state index contributed by atoms with van der Waals surface area (Å²) in [6.45, 7) is 0.794. The summed E-state index contributed by atoms with van der Waals surface area (Å²) in [4.78, 5) is 12.5. The molecular formula is C17H15N3O. The molecule has 104 valence electrons. The van der Waals surface area contributed by atoms with Crippen LogP contribution in [0.15, 0.2) is 48.5 Å². The maximum absolute atomic E-state index is 12.5. The van der Waals surface area contributed by atoms with Crippen molar-refractivity contribution in [2.45, 2.75) is 12.3 Å². The SMILES string of the molecule is N#Cc1ccc(NC(=O)C2CCNc3ccccc32)cc1. The Bertz CT molecular complexity index is 701. The molecule has 1 atom stereocenters. The highest BCUT2D eigenvalue weighted by Gasteiger charge is 2.26. The van der Waals surface area contributed by atoms with E-state index >= 15 is 0 Å². The van der Waals surface area contributed by atoms with Crippen molar-refractivity contribution in [3.63, 3.8) is 0 Å². The number of nitriles is 1. The first-order chi connectivity index (χ1) is 10.3. The molecule has 0 fully saturated rings. The molecule has 0 saturated heterocycles. The van der Waals surface area contributed by atoms with E-state index in [0.29, 0.717) is 5.56 Å². The van der Waals surface area contributed by atoms with Gasteiger partial charge in [-0.2, -0.15) is 5.26 Å². The van der Waals surface area contributed by atoms with E-state index in [1.165, 1.54) is 0 Å². The summed E-state index contributed by atoms with van der Waals surface area (Å²) in [7, 11) is 0. The minimum absolute atomic E-state index is 0.00587. The van der Waals surface area contributed by atoms with Crippen molar-refractivity contribution in [3.8, 4) is 6.07 Å². The molecule has 1 amide bonds. The second kappa shape index (κ2) is 5.68. The van der Waals surface area contributed by atoms with Crippen molar-refractivity contribution >= 4 is 17.3 Å². The topological polar surface area (TPSA) is 64.9 Å². The molecular weight excluding hydrogens is 262 g/mol. The monoisotopic (exact) mass is 277 g/mol. The van der Waals surface area contributed by atoms with Crippen LogP contribution in [0, 0.1) is 11.3 Å². The highest BCUT2D eigenvalue weighted by Crippen LogP contribution is 2.32. The number of benzene rings is 2. The van der Waals surface area contributed by atoms with Gasteiger partial charge in [0, 0.05) is 17.9 Å². The fraction of sp³-hybridized carbons (Fsp3) is 0.176. The van der Waals surface area contributed by atoms with E-state index in [-0.39, 0.29) is 11.8 Å². The molecule has 0 saturated carbocycles. The summed E-state index contributed by atoms with van der Waals surface area (Å²) in [5.41, 5.74) is 3.37. The predicted octanol–water partition coefficient (Wildman–Crippen LogP) is 3.10. The summed E-state index contributed by atoms with van der Waals surface area (Å²) >= 11 is 0. The maximum Gasteiger partial charge on any atom is 0.232 e. The van der Waals surface area contributed by atoms with Crippen LogP contribution in [0.4, 0.5) is 11.4 Å². The van der Waals surface area contributed by atoms with Gasteiger partial charge in [-0.3, -0.25) is 4.79 Å². The van der Waals surface area contributed by atoms with Crippen LogP contribution in [-0.4, -0.2) is 12.5 Å². The molecule has 1 aliphatic rings. The first-order valence-corrected chi connectivity index (χ1v) is 6.92. The summed E-state index contributed by atoms with van der Waals surface area (Å²) in [5, 5.41) is 15.0. The lowest BCUT2D eigenvalue weighted by atomic mass is 9.90. The third-order valence-electron chi connectivity index (χ3n) is 3.68. The number of amides is 1.